The van der Waals surface area contributed by atoms with Gasteiger partial charge in [0.25, 0.3) is 0 Å². The Hall–Kier alpha value is -2.18. The molecule has 0 heterocycles. The highest BCUT2D eigenvalue weighted by Crippen LogP contribution is 2.20. The van der Waals surface area contributed by atoms with Gasteiger partial charge in [-0.05, 0) is 36.2 Å². The quantitative estimate of drug-likeness (QED) is 0.116. The number of sulfonamides is 1. The molecule has 236 valence electrons. The number of carbonyl (C=O) groups excluding carboxylic acids is 1. The predicted molar refractivity (Wildman–Crippen MR) is 178 cm³/mol. The molecule has 0 aliphatic carbocycles. The van der Waals surface area contributed by atoms with Gasteiger partial charge in [0.15, 0.2) is 0 Å². The summed E-state index contributed by atoms with van der Waals surface area (Å²) < 4.78 is 27.2. The molecule has 0 bridgehead atoms. The van der Waals surface area contributed by atoms with Crippen LogP contribution in [0.4, 0.5) is 5.69 Å². The van der Waals surface area contributed by atoms with Crippen LogP contribution in [-0.4, -0.2) is 25.7 Å². The van der Waals surface area contributed by atoms with Gasteiger partial charge in [-0.3, -0.25) is 4.79 Å². The molecule has 42 heavy (non-hydrogen) atoms. The van der Waals surface area contributed by atoms with Gasteiger partial charge in [-0.25, -0.2) is 8.42 Å². The van der Waals surface area contributed by atoms with Crippen LogP contribution < -0.4 is 5.32 Å². The van der Waals surface area contributed by atoms with Crippen molar-refractivity contribution in [3.63, 3.8) is 0 Å². The summed E-state index contributed by atoms with van der Waals surface area (Å²) in [5.74, 6) is -0.0150. The third-order valence-electron chi connectivity index (χ3n) is 8.10. The number of unbranched alkanes of at least 4 members (excludes halogenated alkanes) is 18. The molecule has 0 fully saturated rings. The summed E-state index contributed by atoms with van der Waals surface area (Å²) in [5.41, 5.74) is 1.56. The average Bonchev–Trinajstić information content (AvgIpc) is 2.99. The van der Waals surface area contributed by atoms with Gasteiger partial charge in [0.1, 0.15) is 0 Å². The number of benzene rings is 2. The molecule has 0 unspecified atom stereocenters. The summed E-state index contributed by atoms with van der Waals surface area (Å²) in [6.45, 7) is 2.59. The van der Waals surface area contributed by atoms with E-state index >= 15 is 0 Å². The molecule has 2 rings (SSSR count). The van der Waals surface area contributed by atoms with Gasteiger partial charge in [0, 0.05) is 25.7 Å². The van der Waals surface area contributed by atoms with Crippen LogP contribution in [0, 0.1) is 0 Å². The first-order valence-electron chi connectivity index (χ1n) is 16.8. The Labute approximate surface area is 257 Å². The molecule has 5 nitrogen and oxygen atoms in total. The lowest BCUT2D eigenvalue weighted by Gasteiger charge is -2.17. The van der Waals surface area contributed by atoms with Crippen molar-refractivity contribution in [2.45, 2.75) is 147 Å². The van der Waals surface area contributed by atoms with Crippen LogP contribution >= 0.6 is 0 Å². The number of rotatable bonds is 25. The number of anilines is 1. The highest BCUT2D eigenvalue weighted by Gasteiger charge is 2.20. The molecular formula is C36H58N2O3S. The minimum absolute atomic E-state index is 0.0150. The second kappa shape index (κ2) is 22.4. The minimum atomic E-state index is -3.60. The van der Waals surface area contributed by atoms with Crippen LogP contribution in [0.25, 0.3) is 0 Å². The molecule has 0 saturated carbocycles. The summed E-state index contributed by atoms with van der Waals surface area (Å²) in [6, 6.07) is 16.0. The van der Waals surface area contributed by atoms with Gasteiger partial charge in [-0.15, -0.1) is 0 Å². The monoisotopic (exact) mass is 598 g/mol. The third kappa shape index (κ3) is 15.9. The number of nitrogens with zero attached hydrogens (tertiary/aromatic N) is 1. The average molecular weight is 599 g/mol. The molecule has 2 aromatic carbocycles. The molecule has 1 N–H and O–H groups in total. The lowest BCUT2D eigenvalue weighted by molar-refractivity contribution is -0.116. The maximum absolute atomic E-state index is 12.9. The van der Waals surface area contributed by atoms with Gasteiger partial charge in [-0.2, -0.15) is 4.31 Å². The molecule has 0 aromatic heterocycles. The topological polar surface area (TPSA) is 66.5 Å². The molecule has 0 aliphatic heterocycles. The zero-order valence-electron chi connectivity index (χ0n) is 26.6. The summed E-state index contributed by atoms with van der Waals surface area (Å²) in [6.07, 6.45) is 25.9. The Bertz CT molecular complexity index is 1050. The zero-order chi connectivity index (χ0) is 30.3. The maximum atomic E-state index is 12.9. The number of hydrogen-bond acceptors (Lipinski definition) is 3. The van der Waals surface area contributed by atoms with Crippen molar-refractivity contribution in [2.24, 2.45) is 0 Å². The number of nitrogens with one attached hydrogen (secondary N) is 1. The summed E-state index contributed by atoms with van der Waals surface area (Å²) in [7, 11) is -2.02. The van der Waals surface area contributed by atoms with Crippen LogP contribution in [-0.2, 0) is 21.4 Å². The maximum Gasteiger partial charge on any atom is 0.243 e. The zero-order valence-corrected chi connectivity index (χ0v) is 27.4. The second-order valence-electron chi connectivity index (χ2n) is 11.9. The van der Waals surface area contributed by atoms with Crippen molar-refractivity contribution in [2.75, 3.05) is 12.4 Å². The Kier molecular flexibility index (Phi) is 19.2. The second-order valence-corrected chi connectivity index (χ2v) is 14.0. The van der Waals surface area contributed by atoms with E-state index in [-0.39, 0.29) is 10.8 Å². The standard InChI is InChI=1S/C36H58N2O3S/c1-3-4-5-6-7-8-9-10-11-12-13-14-15-16-17-18-19-20-24-27-36(39)37-34-28-30-35(31-29-34)42(40,41)38(2)32-33-25-22-21-23-26-33/h21-23,25-26,28-31H,3-20,24,27,32H2,1-2H3,(H,37,39). The number of amides is 1. The number of hydrogen-bond donors (Lipinski definition) is 1. The van der Waals surface area contributed by atoms with Gasteiger partial charge in [0.2, 0.25) is 15.9 Å². The first kappa shape index (κ1) is 36.0. The third-order valence-corrected chi connectivity index (χ3v) is 9.92. The molecule has 6 heteroatoms. The van der Waals surface area contributed by atoms with Crippen LogP contribution in [0.1, 0.15) is 141 Å². The van der Waals surface area contributed by atoms with Crippen LogP contribution in [0.5, 0.6) is 0 Å². The van der Waals surface area contributed by atoms with Gasteiger partial charge in [-0.1, -0.05) is 153 Å². The SMILES string of the molecule is CCCCCCCCCCCCCCCCCCCCCC(=O)Nc1ccc(S(=O)(=O)N(C)Cc2ccccc2)cc1. The molecule has 2 aromatic rings. The molecule has 0 spiro atoms. The van der Waals surface area contributed by atoms with Gasteiger partial charge >= 0.3 is 0 Å². The van der Waals surface area contributed by atoms with Crippen molar-refractivity contribution >= 4 is 21.6 Å². The molecule has 0 atom stereocenters. The smallest absolute Gasteiger partial charge is 0.243 e. The highest BCUT2D eigenvalue weighted by molar-refractivity contribution is 7.89. The summed E-state index contributed by atoms with van der Waals surface area (Å²) in [5, 5.41) is 2.90. The van der Waals surface area contributed by atoms with Crippen molar-refractivity contribution in [1.82, 2.24) is 4.31 Å². The molecule has 0 saturated heterocycles. The van der Waals surface area contributed by atoms with E-state index in [0.717, 1.165) is 18.4 Å². The van der Waals surface area contributed by atoms with E-state index in [9.17, 15) is 13.2 Å². The van der Waals surface area contributed by atoms with E-state index in [1.54, 1.807) is 31.3 Å². The van der Waals surface area contributed by atoms with E-state index in [2.05, 4.69) is 12.2 Å². The van der Waals surface area contributed by atoms with E-state index in [4.69, 9.17) is 0 Å². The van der Waals surface area contributed by atoms with Crippen LogP contribution in [0.3, 0.4) is 0 Å². The minimum Gasteiger partial charge on any atom is -0.326 e. The predicted octanol–water partition coefficient (Wildman–Crippen LogP) is 10.3. The molecule has 0 radical (unpaired) electrons. The van der Waals surface area contributed by atoms with E-state index in [1.807, 2.05) is 30.3 Å². The summed E-state index contributed by atoms with van der Waals surface area (Å²) >= 11 is 0. The van der Waals surface area contributed by atoms with Gasteiger partial charge < -0.3 is 5.32 Å². The fourth-order valence-electron chi connectivity index (χ4n) is 5.40. The molecule has 1 amide bonds. The fraction of sp³-hybridized carbons (Fsp3) is 0.639. The Balaban J connectivity index is 1.44. The molecular weight excluding hydrogens is 540 g/mol. The normalized spacial score (nSPS) is 11.7. The highest BCUT2D eigenvalue weighted by atomic mass is 32.2. The van der Waals surface area contributed by atoms with Gasteiger partial charge in [0.05, 0.1) is 4.90 Å². The van der Waals surface area contributed by atoms with Crippen molar-refractivity contribution in [3.8, 4) is 0 Å². The first-order chi connectivity index (χ1) is 20.4. The lowest BCUT2D eigenvalue weighted by Crippen LogP contribution is -2.26. The van der Waals surface area contributed by atoms with Crippen LogP contribution in [0.2, 0.25) is 0 Å². The van der Waals surface area contributed by atoms with Crippen molar-refractivity contribution < 1.29 is 13.2 Å². The van der Waals surface area contributed by atoms with Crippen molar-refractivity contribution in [1.29, 1.82) is 0 Å². The largest absolute Gasteiger partial charge is 0.326 e. The van der Waals surface area contributed by atoms with Crippen molar-refractivity contribution in [3.05, 3.63) is 60.2 Å². The van der Waals surface area contributed by atoms with E-state index < -0.39 is 10.0 Å². The first-order valence-corrected chi connectivity index (χ1v) is 18.3. The van der Waals surface area contributed by atoms with E-state index in [1.165, 1.54) is 113 Å². The lowest BCUT2D eigenvalue weighted by atomic mass is 10.0. The Morgan fingerprint density at radius 1 is 0.619 bits per heavy atom. The fourth-order valence-corrected chi connectivity index (χ4v) is 6.56. The Morgan fingerprint density at radius 2 is 1.05 bits per heavy atom. The Morgan fingerprint density at radius 3 is 1.50 bits per heavy atom. The summed E-state index contributed by atoms with van der Waals surface area (Å²) in [4.78, 5) is 12.6. The number of carbonyl (C=O) groups is 1. The molecule has 0 aliphatic rings. The van der Waals surface area contributed by atoms with Crippen LogP contribution in [0.15, 0.2) is 59.5 Å². The van der Waals surface area contributed by atoms with E-state index in [0.29, 0.717) is 18.7 Å².